The monoisotopic (exact) mass is 355 g/mol. The molecule has 7 heteroatoms. The molecule has 0 atom stereocenters. The van der Waals surface area contributed by atoms with Crippen LogP contribution in [-0.2, 0) is 0 Å². The predicted molar refractivity (Wildman–Crippen MR) is 99.4 cm³/mol. The number of aryl methyl sites for hydroxylation is 1. The maximum atomic E-state index is 13.2. The largest absolute Gasteiger partial charge is 0.275 e. The summed E-state index contributed by atoms with van der Waals surface area (Å²) in [6, 6.07) is 10.9. The standard InChI is InChI=1S/C20H13N5O2/c1-11-4-2-6-13(8-11)25-19(26)14-10-22-18-16(15(14)20(25)27)17(23-24-18)12-5-3-7-21-9-12/h2-10H,1H3,(H,22,23,24). The van der Waals surface area contributed by atoms with E-state index in [2.05, 4.69) is 20.2 Å². The zero-order valence-corrected chi connectivity index (χ0v) is 14.3. The molecule has 0 bridgehead atoms. The molecule has 0 saturated carbocycles. The van der Waals surface area contributed by atoms with Crippen LogP contribution in [0.15, 0.2) is 55.0 Å². The Kier molecular flexibility index (Phi) is 3.17. The summed E-state index contributed by atoms with van der Waals surface area (Å²) in [4.78, 5) is 35.8. The number of rotatable bonds is 2. The Balaban J connectivity index is 1.75. The van der Waals surface area contributed by atoms with E-state index in [0.29, 0.717) is 28.0 Å². The lowest BCUT2D eigenvalue weighted by Crippen LogP contribution is -2.29. The van der Waals surface area contributed by atoms with E-state index >= 15 is 0 Å². The fraction of sp³-hybridized carbons (Fsp3) is 0.0500. The van der Waals surface area contributed by atoms with Crippen LogP contribution < -0.4 is 4.90 Å². The van der Waals surface area contributed by atoms with E-state index in [4.69, 9.17) is 0 Å². The number of carbonyl (C=O) groups excluding carboxylic acids is 2. The molecule has 0 saturated heterocycles. The number of carbonyl (C=O) groups is 2. The van der Waals surface area contributed by atoms with Crippen molar-refractivity contribution < 1.29 is 9.59 Å². The Morgan fingerprint density at radius 1 is 1.04 bits per heavy atom. The number of hydrogen-bond acceptors (Lipinski definition) is 5. The normalized spacial score (nSPS) is 13.4. The van der Waals surface area contributed by atoms with Gasteiger partial charge in [0.05, 0.1) is 27.9 Å². The molecule has 5 rings (SSSR count). The molecule has 1 aliphatic rings. The molecule has 4 aromatic rings. The molecule has 1 aromatic carbocycles. The maximum absolute atomic E-state index is 13.2. The van der Waals surface area contributed by atoms with E-state index in [1.807, 2.05) is 31.2 Å². The number of hydrogen-bond donors (Lipinski definition) is 1. The average Bonchev–Trinajstić information content (AvgIpc) is 3.22. The Hall–Kier alpha value is -3.87. The van der Waals surface area contributed by atoms with Crippen molar-refractivity contribution in [3.05, 3.63) is 71.7 Å². The van der Waals surface area contributed by atoms with Gasteiger partial charge in [0.1, 0.15) is 0 Å². The molecule has 0 fully saturated rings. The molecule has 0 radical (unpaired) electrons. The van der Waals surface area contributed by atoms with Crippen LogP contribution in [0.5, 0.6) is 0 Å². The van der Waals surface area contributed by atoms with Gasteiger partial charge in [-0.25, -0.2) is 9.88 Å². The number of aromatic amines is 1. The number of fused-ring (bicyclic) bond motifs is 3. The number of nitrogens with one attached hydrogen (secondary N) is 1. The molecule has 0 aliphatic carbocycles. The highest BCUT2D eigenvalue weighted by Crippen LogP contribution is 2.36. The van der Waals surface area contributed by atoms with E-state index < -0.39 is 0 Å². The van der Waals surface area contributed by atoms with Crippen molar-refractivity contribution in [2.45, 2.75) is 6.92 Å². The lowest BCUT2D eigenvalue weighted by atomic mass is 10.0. The number of aromatic nitrogens is 4. The Bertz CT molecular complexity index is 1230. The first-order chi connectivity index (χ1) is 13.1. The van der Waals surface area contributed by atoms with Crippen molar-refractivity contribution >= 4 is 28.5 Å². The van der Waals surface area contributed by atoms with Crippen LogP contribution in [-0.4, -0.2) is 32.0 Å². The Labute approximate surface area is 153 Å². The first-order valence-electron chi connectivity index (χ1n) is 8.38. The Morgan fingerprint density at radius 3 is 2.70 bits per heavy atom. The zero-order valence-electron chi connectivity index (χ0n) is 14.3. The summed E-state index contributed by atoms with van der Waals surface area (Å²) >= 11 is 0. The summed E-state index contributed by atoms with van der Waals surface area (Å²) in [5, 5.41) is 7.66. The first kappa shape index (κ1) is 15.4. The molecule has 130 valence electrons. The fourth-order valence-electron chi connectivity index (χ4n) is 3.42. The van der Waals surface area contributed by atoms with Crippen LogP contribution in [0.2, 0.25) is 0 Å². The van der Waals surface area contributed by atoms with Gasteiger partial charge in [-0.1, -0.05) is 12.1 Å². The van der Waals surface area contributed by atoms with Gasteiger partial charge in [0.25, 0.3) is 11.8 Å². The van der Waals surface area contributed by atoms with Crippen LogP contribution >= 0.6 is 0 Å². The molecular weight excluding hydrogens is 342 g/mol. The lowest BCUT2D eigenvalue weighted by molar-refractivity contribution is 0.0926. The van der Waals surface area contributed by atoms with Crippen LogP contribution in [0.1, 0.15) is 26.3 Å². The molecule has 2 amide bonds. The van der Waals surface area contributed by atoms with Crippen LogP contribution in [0.25, 0.3) is 22.3 Å². The minimum absolute atomic E-state index is 0.278. The fourth-order valence-corrected chi connectivity index (χ4v) is 3.42. The van der Waals surface area contributed by atoms with Gasteiger partial charge < -0.3 is 0 Å². The number of pyridine rings is 2. The summed E-state index contributed by atoms with van der Waals surface area (Å²) in [5.41, 5.74) is 3.88. The highest BCUT2D eigenvalue weighted by atomic mass is 16.2. The van der Waals surface area contributed by atoms with Crippen LogP contribution in [0, 0.1) is 6.92 Å². The summed E-state index contributed by atoms with van der Waals surface area (Å²) < 4.78 is 0. The van der Waals surface area contributed by atoms with Gasteiger partial charge in [-0.2, -0.15) is 5.10 Å². The minimum atomic E-state index is -0.381. The SMILES string of the molecule is Cc1cccc(N2C(=O)c3cnc4n[nH]c(-c5cccnc5)c4c3C2=O)c1. The third kappa shape index (κ3) is 2.18. The topological polar surface area (TPSA) is 91.8 Å². The van der Waals surface area contributed by atoms with Gasteiger partial charge in [0.2, 0.25) is 0 Å². The van der Waals surface area contributed by atoms with E-state index in [-0.39, 0.29) is 17.4 Å². The van der Waals surface area contributed by atoms with E-state index in [9.17, 15) is 9.59 Å². The summed E-state index contributed by atoms with van der Waals surface area (Å²) in [5.74, 6) is -0.757. The Morgan fingerprint density at radius 2 is 1.93 bits per heavy atom. The molecule has 0 spiro atoms. The quantitative estimate of drug-likeness (QED) is 0.558. The van der Waals surface area contributed by atoms with Crippen LogP contribution in [0.4, 0.5) is 5.69 Å². The molecule has 3 aromatic heterocycles. The number of amides is 2. The second-order valence-electron chi connectivity index (χ2n) is 6.37. The van der Waals surface area contributed by atoms with Gasteiger partial charge in [0, 0.05) is 24.2 Å². The van der Waals surface area contributed by atoms with Crippen molar-refractivity contribution in [2.75, 3.05) is 4.90 Å². The van der Waals surface area contributed by atoms with Crippen molar-refractivity contribution in [1.29, 1.82) is 0 Å². The number of nitrogens with zero attached hydrogens (tertiary/aromatic N) is 4. The van der Waals surface area contributed by atoms with E-state index in [1.54, 1.807) is 24.5 Å². The molecule has 0 unspecified atom stereocenters. The maximum Gasteiger partial charge on any atom is 0.267 e. The van der Waals surface area contributed by atoms with Crippen LogP contribution in [0.3, 0.4) is 0 Å². The summed E-state index contributed by atoms with van der Waals surface area (Å²) in [6.07, 6.45) is 4.76. The van der Waals surface area contributed by atoms with Crippen molar-refractivity contribution in [3.63, 3.8) is 0 Å². The van der Waals surface area contributed by atoms with Crippen molar-refractivity contribution in [2.24, 2.45) is 0 Å². The number of imide groups is 1. The number of H-pyrrole nitrogens is 1. The second-order valence-corrected chi connectivity index (χ2v) is 6.37. The number of benzene rings is 1. The third-order valence-corrected chi connectivity index (χ3v) is 4.64. The number of anilines is 1. The van der Waals surface area contributed by atoms with Crippen molar-refractivity contribution in [3.8, 4) is 11.3 Å². The highest BCUT2D eigenvalue weighted by molar-refractivity contribution is 6.38. The molecular formula is C20H13N5O2. The zero-order chi connectivity index (χ0) is 18.5. The van der Waals surface area contributed by atoms with E-state index in [0.717, 1.165) is 11.1 Å². The van der Waals surface area contributed by atoms with Gasteiger partial charge in [-0.05, 0) is 36.8 Å². The van der Waals surface area contributed by atoms with E-state index in [1.165, 1.54) is 11.1 Å². The summed E-state index contributed by atoms with van der Waals surface area (Å²) in [7, 11) is 0. The molecule has 1 aliphatic heterocycles. The molecule has 1 N–H and O–H groups in total. The third-order valence-electron chi connectivity index (χ3n) is 4.64. The predicted octanol–water partition coefficient (Wildman–Crippen LogP) is 3.13. The second kappa shape index (κ2) is 5.57. The average molecular weight is 355 g/mol. The van der Waals surface area contributed by atoms with Gasteiger partial charge in [-0.3, -0.25) is 19.7 Å². The van der Waals surface area contributed by atoms with Crippen molar-refractivity contribution in [1.82, 2.24) is 20.2 Å². The first-order valence-corrected chi connectivity index (χ1v) is 8.38. The van der Waals surface area contributed by atoms with Gasteiger partial charge >= 0.3 is 0 Å². The molecule has 7 nitrogen and oxygen atoms in total. The summed E-state index contributed by atoms with van der Waals surface area (Å²) in [6.45, 7) is 1.91. The lowest BCUT2D eigenvalue weighted by Gasteiger charge is -2.14. The highest BCUT2D eigenvalue weighted by Gasteiger charge is 2.40. The minimum Gasteiger partial charge on any atom is -0.275 e. The van der Waals surface area contributed by atoms with Gasteiger partial charge in [-0.15, -0.1) is 0 Å². The smallest absolute Gasteiger partial charge is 0.267 e. The molecule has 27 heavy (non-hydrogen) atoms. The molecule has 4 heterocycles. The van der Waals surface area contributed by atoms with Gasteiger partial charge in [0.15, 0.2) is 5.65 Å².